The summed E-state index contributed by atoms with van der Waals surface area (Å²) in [5.41, 5.74) is 1.20. The lowest BCUT2D eigenvalue weighted by Gasteiger charge is -2.23. The molecule has 1 fully saturated rings. The van der Waals surface area contributed by atoms with Gasteiger partial charge in [0.25, 0.3) is 5.91 Å². The van der Waals surface area contributed by atoms with E-state index >= 15 is 0 Å². The molecule has 0 spiro atoms. The minimum atomic E-state index is 0.0107. The van der Waals surface area contributed by atoms with Crippen LogP contribution >= 0.6 is 11.3 Å². The van der Waals surface area contributed by atoms with Crippen molar-refractivity contribution in [1.82, 2.24) is 15.6 Å². The number of hydrogen-bond donors (Lipinski definition) is 2. The zero-order chi connectivity index (χ0) is 13.2. The fraction of sp³-hybridized carbons (Fsp3) is 0.429. The normalized spacial score (nSPS) is 16.7. The topological polar surface area (TPSA) is 54.0 Å². The first kappa shape index (κ1) is 12.6. The van der Waals surface area contributed by atoms with Gasteiger partial charge in [-0.3, -0.25) is 4.79 Å². The van der Waals surface area contributed by atoms with Gasteiger partial charge < -0.3 is 10.6 Å². The summed E-state index contributed by atoms with van der Waals surface area (Å²) in [4.78, 5) is 18.3. The van der Waals surface area contributed by atoms with Gasteiger partial charge in [0.15, 0.2) is 0 Å². The predicted octanol–water partition coefficient (Wildman–Crippen LogP) is 2.12. The van der Waals surface area contributed by atoms with Crippen molar-refractivity contribution in [3.8, 4) is 0 Å². The molecule has 3 rings (SSSR count). The number of aromatic nitrogens is 1. The summed E-state index contributed by atoms with van der Waals surface area (Å²) in [7, 11) is 1.69. The van der Waals surface area contributed by atoms with Crippen molar-refractivity contribution in [3.05, 3.63) is 28.8 Å². The largest absolute Gasteiger partial charge is 0.354 e. The second-order valence-corrected chi connectivity index (χ2v) is 5.80. The number of fused-ring (bicyclic) bond motifs is 1. The van der Waals surface area contributed by atoms with Crippen molar-refractivity contribution in [2.75, 3.05) is 20.1 Å². The number of rotatable bonds is 2. The van der Waals surface area contributed by atoms with Crippen molar-refractivity contribution >= 4 is 27.5 Å². The zero-order valence-corrected chi connectivity index (χ0v) is 11.7. The third-order valence-corrected chi connectivity index (χ3v) is 4.81. The molecule has 5 heteroatoms. The van der Waals surface area contributed by atoms with Crippen LogP contribution in [0.5, 0.6) is 0 Å². The molecule has 0 aromatic carbocycles. The van der Waals surface area contributed by atoms with Crippen molar-refractivity contribution < 1.29 is 4.79 Å². The average Bonchev–Trinajstić information content (AvgIpc) is 2.86. The van der Waals surface area contributed by atoms with Crippen molar-refractivity contribution in [3.63, 3.8) is 0 Å². The van der Waals surface area contributed by atoms with E-state index in [1.54, 1.807) is 13.2 Å². The first-order valence-corrected chi connectivity index (χ1v) is 7.43. The summed E-state index contributed by atoms with van der Waals surface area (Å²) < 4.78 is 0. The molecule has 3 heterocycles. The van der Waals surface area contributed by atoms with Gasteiger partial charge in [-0.25, -0.2) is 4.98 Å². The minimum Gasteiger partial charge on any atom is -0.354 e. The quantitative estimate of drug-likeness (QED) is 0.882. The van der Waals surface area contributed by atoms with Gasteiger partial charge in [-0.1, -0.05) is 6.07 Å². The molecule has 1 saturated heterocycles. The van der Waals surface area contributed by atoms with Gasteiger partial charge in [-0.15, -0.1) is 11.3 Å². The number of carbonyl (C=O) groups is 1. The van der Waals surface area contributed by atoms with E-state index in [2.05, 4.69) is 21.7 Å². The van der Waals surface area contributed by atoms with Crippen LogP contribution in [0.1, 0.15) is 34.0 Å². The third-order valence-electron chi connectivity index (χ3n) is 3.69. The van der Waals surface area contributed by atoms with Gasteiger partial charge >= 0.3 is 0 Å². The minimum absolute atomic E-state index is 0.0107. The summed E-state index contributed by atoms with van der Waals surface area (Å²) in [6.07, 6.45) is 3.97. The molecule has 2 N–H and O–H groups in total. The first-order chi connectivity index (χ1) is 9.31. The molecule has 2 aromatic heterocycles. The summed E-state index contributed by atoms with van der Waals surface area (Å²) in [6.45, 7) is 2.05. The summed E-state index contributed by atoms with van der Waals surface area (Å²) in [5, 5.41) is 7.28. The highest BCUT2D eigenvalue weighted by Crippen LogP contribution is 2.38. The summed E-state index contributed by atoms with van der Waals surface area (Å²) >= 11 is 1.51. The number of piperidine rings is 1. The summed E-state index contributed by atoms with van der Waals surface area (Å²) in [5.74, 6) is 0.475. The first-order valence-electron chi connectivity index (χ1n) is 6.61. The van der Waals surface area contributed by atoms with E-state index < -0.39 is 0 Å². The molecule has 0 radical (unpaired) electrons. The van der Waals surface area contributed by atoms with E-state index in [0.29, 0.717) is 5.92 Å². The van der Waals surface area contributed by atoms with Crippen LogP contribution in [-0.4, -0.2) is 31.0 Å². The predicted molar refractivity (Wildman–Crippen MR) is 77.9 cm³/mol. The average molecular weight is 275 g/mol. The molecule has 0 unspecified atom stereocenters. The SMILES string of the molecule is CNC(=O)c1sc2ncccc2c1C1CCNCC1. The second-order valence-electron chi connectivity index (χ2n) is 4.80. The Hall–Kier alpha value is -1.46. The zero-order valence-electron chi connectivity index (χ0n) is 10.9. The smallest absolute Gasteiger partial charge is 0.261 e. The Morgan fingerprint density at radius 1 is 1.47 bits per heavy atom. The molecule has 1 amide bonds. The number of thiophene rings is 1. The maximum absolute atomic E-state index is 12.1. The molecule has 2 aromatic rings. The van der Waals surface area contributed by atoms with E-state index in [4.69, 9.17) is 0 Å². The molecule has 0 atom stereocenters. The molecule has 4 nitrogen and oxygen atoms in total. The number of nitrogens with one attached hydrogen (secondary N) is 2. The van der Waals surface area contributed by atoms with Crippen LogP contribution in [0.2, 0.25) is 0 Å². The fourth-order valence-corrected chi connectivity index (χ4v) is 3.93. The molecular formula is C14H17N3OS. The van der Waals surface area contributed by atoms with E-state index in [1.165, 1.54) is 16.9 Å². The highest BCUT2D eigenvalue weighted by Gasteiger charge is 2.26. The standard InChI is InChI=1S/C14H17N3OS/c1-15-13(18)12-11(9-4-7-16-8-5-9)10-3-2-6-17-14(10)19-12/h2-3,6,9,16H,4-5,7-8H2,1H3,(H,15,18). The molecular weight excluding hydrogens is 258 g/mol. The molecule has 19 heavy (non-hydrogen) atoms. The number of hydrogen-bond acceptors (Lipinski definition) is 4. The lowest BCUT2D eigenvalue weighted by molar-refractivity contribution is 0.0965. The fourth-order valence-electron chi connectivity index (χ4n) is 2.75. The lowest BCUT2D eigenvalue weighted by atomic mass is 9.88. The van der Waals surface area contributed by atoms with Gasteiger partial charge in [0.2, 0.25) is 0 Å². The number of carbonyl (C=O) groups excluding carboxylic acids is 1. The van der Waals surface area contributed by atoms with Crippen LogP contribution in [0.15, 0.2) is 18.3 Å². The monoisotopic (exact) mass is 275 g/mol. The molecule has 0 bridgehead atoms. The van der Waals surface area contributed by atoms with Crippen LogP contribution < -0.4 is 10.6 Å². The van der Waals surface area contributed by atoms with Crippen LogP contribution in [0.3, 0.4) is 0 Å². The maximum atomic E-state index is 12.1. The number of pyridine rings is 1. The Bertz CT molecular complexity index is 602. The Kier molecular flexibility index (Phi) is 3.48. The van der Waals surface area contributed by atoms with Gasteiger partial charge in [0, 0.05) is 18.6 Å². The van der Waals surface area contributed by atoms with Crippen molar-refractivity contribution in [1.29, 1.82) is 0 Å². The second kappa shape index (κ2) is 5.27. The Balaban J connectivity index is 2.15. The Labute approximate surface area is 116 Å². The van der Waals surface area contributed by atoms with Crippen LogP contribution in [-0.2, 0) is 0 Å². The molecule has 1 aliphatic rings. The Morgan fingerprint density at radius 2 is 2.26 bits per heavy atom. The number of amides is 1. The van der Waals surface area contributed by atoms with E-state index in [1.807, 2.05) is 6.07 Å². The van der Waals surface area contributed by atoms with Crippen LogP contribution in [0.4, 0.5) is 0 Å². The number of nitrogens with zero attached hydrogens (tertiary/aromatic N) is 1. The van der Waals surface area contributed by atoms with E-state index in [-0.39, 0.29) is 5.91 Å². The molecule has 0 saturated carbocycles. The maximum Gasteiger partial charge on any atom is 0.261 e. The van der Waals surface area contributed by atoms with Gasteiger partial charge in [0.05, 0.1) is 4.88 Å². The van der Waals surface area contributed by atoms with E-state index in [9.17, 15) is 4.79 Å². The van der Waals surface area contributed by atoms with E-state index in [0.717, 1.165) is 41.0 Å². The van der Waals surface area contributed by atoms with Gasteiger partial charge in [-0.05, 0) is 43.5 Å². The molecule has 100 valence electrons. The highest BCUT2D eigenvalue weighted by atomic mass is 32.1. The summed E-state index contributed by atoms with van der Waals surface area (Å²) in [6, 6.07) is 4.04. The Morgan fingerprint density at radius 3 is 3.00 bits per heavy atom. The van der Waals surface area contributed by atoms with Crippen LogP contribution in [0, 0.1) is 0 Å². The van der Waals surface area contributed by atoms with Crippen molar-refractivity contribution in [2.24, 2.45) is 0 Å². The van der Waals surface area contributed by atoms with Gasteiger partial charge in [0.1, 0.15) is 4.83 Å². The van der Waals surface area contributed by atoms with Crippen molar-refractivity contribution in [2.45, 2.75) is 18.8 Å². The van der Waals surface area contributed by atoms with Crippen LogP contribution in [0.25, 0.3) is 10.2 Å². The molecule has 1 aliphatic heterocycles. The van der Waals surface area contributed by atoms with Gasteiger partial charge in [-0.2, -0.15) is 0 Å². The molecule has 0 aliphatic carbocycles. The third kappa shape index (κ3) is 2.24. The highest BCUT2D eigenvalue weighted by molar-refractivity contribution is 7.20. The lowest BCUT2D eigenvalue weighted by Crippen LogP contribution is -2.28.